The number of hydrogen-bond acceptors (Lipinski definition) is 5. The second-order valence-electron chi connectivity index (χ2n) is 9.34. The van der Waals surface area contributed by atoms with E-state index in [1.807, 2.05) is 13.8 Å². The van der Waals surface area contributed by atoms with E-state index >= 15 is 0 Å². The number of carbonyl (C=O) groups is 3. The summed E-state index contributed by atoms with van der Waals surface area (Å²) in [5.74, 6) is -2.44. The molecular formula is C24H31NO5S. The van der Waals surface area contributed by atoms with Gasteiger partial charge in [-0.15, -0.1) is 11.3 Å². The number of rotatable bonds is 5. The molecule has 1 aromatic rings. The van der Waals surface area contributed by atoms with Crippen molar-refractivity contribution in [3.63, 3.8) is 0 Å². The van der Waals surface area contributed by atoms with Gasteiger partial charge in [0.2, 0.25) is 5.91 Å². The molecule has 31 heavy (non-hydrogen) atoms. The monoisotopic (exact) mass is 445 g/mol. The molecule has 1 heterocycles. The minimum atomic E-state index is -0.907. The topological polar surface area (TPSA) is 92.7 Å². The minimum Gasteiger partial charge on any atom is -0.481 e. The quantitative estimate of drug-likeness (QED) is 0.507. The Morgan fingerprint density at radius 2 is 1.81 bits per heavy atom. The summed E-state index contributed by atoms with van der Waals surface area (Å²) >= 11 is 1.46. The van der Waals surface area contributed by atoms with Crippen LogP contribution in [0.3, 0.4) is 0 Å². The maximum atomic E-state index is 13.4. The number of methoxy groups -OCH3 is 1. The maximum absolute atomic E-state index is 13.4. The number of esters is 1. The number of allylic oxidation sites excluding steroid dienone is 2. The second kappa shape index (κ2) is 8.41. The second-order valence-corrected chi connectivity index (χ2v) is 10.4. The standard InChI is InChI=1S/C24H31NO5S/c1-5-12-6-7-13-16(10-12)31-22(20(13)24(29)30-4)25-21(26)18-14-8-9-15(17(14)11(2)3)19(18)23(27)28/h12,14-15,18-19H,5-10H2,1-4H3,(H,25,26)(H,27,28)/t12-,14+,15+,18+,19-/m0/s1. The van der Waals surface area contributed by atoms with Gasteiger partial charge in [0, 0.05) is 4.88 Å². The van der Waals surface area contributed by atoms with Gasteiger partial charge in [-0.05, 0) is 69.3 Å². The van der Waals surface area contributed by atoms with Crippen molar-refractivity contribution in [2.75, 3.05) is 12.4 Å². The highest BCUT2D eigenvalue weighted by molar-refractivity contribution is 7.17. The van der Waals surface area contributed by atoms with Crippen LogP contribution in [0.4, 0.5) is 5.00 Å². The average Bonchev–Trinajstić information content (AvgIpc) is 3.41. The van der Waals surface area contributed by atoms with E-state index in [2.05, 4.69) is 12.2 Å². The van der Waals surface area contributed by atoms with Crippen LogP contribution in [0.1, 0.15) is 67.3 Å². The molecule has 2 bridgehead atoms. The lowest BCUT2D eigenvalue weighted by Gasteiger charge is -2.26. The molecular weight excluding hydrogens is 414 g/mol. The van der Waals surface area contributed by atoms with Gasteiger partial charge in [0.1, 0.15) is 5.00 Å². The van der Waals surface area contributed by atoms with Crippen molar-refractivity contribution in [3.8, 4) is 0 Å². The Morgan fingerprint density at radius 1 is 1.13 bits per heavy atom. The Bertz CT molecular complexity index is 957. The van der Waals surface area contributed by atoms with Gasteiger partial charge >= 0.3 is 11.9 Å². The zero-order valence-corrected chi connectivity index (χ0v) is 19.4. The van der Waals surface area contributed by atoms with E-state index in [1.165, 1.54) is 18.4 Å². The number of aliphatic carboxylic acids is 1. The van der Waals surface area contributed by atoms with Gasteiger partial charge in [0.15, 0.2) is 0 Å². The van der Waals surface area contributed by atoms with Gasteiger partial charge < -0.3 is 15.2 Å². The number of carboxylic acids is 1. The van der Waals surface area contributed by atoms with Crippen molar-refractivity contribution in [1.29, 1.82) is 0 Å². The molecule has 1 aromatic heterocycles. The Balaban J connectivity index is 1.67. The van der Waals surface area contributed by atoms with E-state index in [0.717, 1.165) is 60.1 Å². The van der Waals surface area contributed by atoms with Crippen LogP contribution in [0.5, 0.6) is 0 Å². The van der Waals surface area contributed by atoms with Crippen molar-refractivity contribution in [2.45, 2.75) is 59.3 Å². The first-order chi connectivity index (χ1) is 14.8. The fourth-order valence-electron chi connectivity index (χ4n) is 6.21. The number of nitrogens with one attached hydrogen (secondary N) is 1. The molecule has 0 spiro atoms. The van der Waals surface area contributed by atoms with Crippen LogP contribution < -0.4 is 5.32 Å². The summed E-state index contributed by atoms with van der Waals surface area (Å²) in [6, 6.07) is 0. The summed E-state index contributed by atoms with van der Waals surface area (Å²) in [5.41, 5.74) is 3.73. The summed E-state index contributed by atoms with van der Waals surface area (Å²) in [6.07, 6.45) is 5.49. The van der Waals surface area contributed by atoms with Gasteiger partial charge in [-0.2, -0.15) is 0 Å². The zero-order chi connectivity index (χ0) is 22.4. The molecule has 3 aliphatic carbocycles. The molecule has 4 rings (SSSR count). The predicted molar refractivity (Wildman–Crippen MR) is 119 cm³/mol. The Morgan fingerprint density at radius 3 is 2.39 bits per heavy atom. The molecule has 2 saturated carbocycles. The van der Waals surface area contributed by atoms with Crippen LogP contribution in [-0.4, -0.2) is 30.1 Å². The highest BCUT2D eigenvalue weighted by Crippen LogP contribution is 2.57. The molecule has 0 saturated heterocycles. The number of hydrogen-bond donors (Lipinski definition) is 2. The van der Waals surface area contributed by atoms with E-state index < -0.39 is 23.8 Å². The molecule has 0 radical (unpaired) electrons. The summed E-state index contributed by atoms with van der Waals surface area (Å²) in [5, 5.41) is 13.4. The van der Waals surface area contributed by atoms with Crippen molar-refractivity contribution < 1.29 is 24.2 Å². The fraction of sp³-hybridized carbons (Fsp3) is 0.625. The number of carboxylic acid groups (broad SMARTS) is 1. The zero-order valence-electron chi connectivity index (χ0n) is 18.6. The first-order valence-electron chi connectivity index (χ1n) is 11.2. The lowest BCUT2D eigenvalue weighted by molar-refractivity contribution is -0.148. The number of anilines is 1. The van der Waals surface area contributed by atoms with Gasteiger partial charge in [-0.3, -0.25) is 9.59 Å². The summed E-state index contributed by atoms with van der Waals surface area (Å²) < 4.78 is 5.03. The molecule has 2 N–H and O–H groups in total. The highest BCUT2D eigenvalue weighted by atomic mass is 32.1. The van der Waals surface area contributed by atoms with Gasteiger partial charge in [0.25, 0.3) is 0 Å². The van der Waals surface area contributed by atoms with Crippen molar-refractivity contribution >= 4 is 34.2 Å². The molecule has 0 unspecified atom stereocenters. The van der Waals surface area contributed by atoms with Crippen LogP contribution in [0.2, 0.25) is 0 Å². The third kappa shape index (κ3) is 3.60. The van der Waals surface area contributed by atoms with Crippen LogP contribution in [0.25, 0.3) is 0 Å². The molecule has 1 amide bonds. The number of thiophene rings is 1. The van der Waals surface area contributed by atoms with Gasteiger partial charge in [0.05, 0.1) is 24.5 Å². The van der Waals surface area contributed by atoms with E-state index in [1.54, 1.807) is 0 Å². The molecule has 168 valence electrons. The maximum Gasteiger partial charge on any atom is 0.341 e. The largest absolute Gasteiger partial charge is 0.481 e. The van der Waals surface area contributed by atoms with Crippen molar-refractivity contribution in [2.24, 2.45) is 29.6 Å². The van der Waals surface area contributed by atoms with Crippen LogP contribution in [0.15, 0.2) is 11.1 Å². The number of amides is 1. The fourth-order valence-corrected chi connectivity index (χ4v) is 7.56. The third-order valence-electron chi connectivity index (χ3n) is 7.58. The third-order valence-corrected chi connectivity index (χ3v) is 8.75. The Hall–Kier alpha value is -2.15. The van der Waals surface area contributed by atoms with Crippen LogP contribution in [0, 0.1) is 29.6 Å². The average molecular weight is 446 g/mol. The number of ether oxygens (including phenoxy) is 1. The normalized spacial score (nSPS) is 28.9. The van der Waals surface area contributed by atoms with Crippen LogP contribution >= 0.6 is 11.3 Å². The highest BCUT2D eigenvalue weighted by Gasteiger charge is 2.57. The predicted octanol–water partition coefficient (Wildman–Crippen LogP) is 4.68. The van der Waals surface area contributed by atoms with Crippen molar-refractivity contribution in [1.82, 2.24) is 0 Å². The lowest BCUT2D eigenvalue weighted by atomic mass is 9.78. The molecule has 5 atom stereocenters. The summed E-state index contributed by atoms with van der Waals surface area (Å²) in [4.78, 5) is 39.3. The Kier molecular flexibility index (Phi) is 5.99. The first kappa shape index (κ1) is 22.1. The SMILES string of the molecule is CC[C@H]1CCc2c(sc(NC(=O)[C@H]3[C@@H](C(=O)O)[C@@H]4CC[C@@H]3C4=C(C)C)c2C(=O)OC)C1. The summed E-state index contributed by atoms with van der Waals surface area (Å²) in [6.45, 7) is 6.19. The smallest absolute Gasteiger partial charge is 0.341 e. The molecule has 7 heteroatoms. The van der Waals surface area contributed by atoms with E-state index in [9.17, 15) is 19.5 Å². The van der Waals surface area contributed by atoms with E-state index in [4.69, 9.17) is 4.74 Å². The van der Waals surface area contributed by atoms with Crippen molar-refractivity contribution in [3.05, 3.63) is 27.2 Å². The number of fused-ring (bicyclic) bond motifs is 3. The molecule has 2 fully saturated rings. The lowest BCUT2D eigenvalue weighted by Crippen LogP contribution is -2.38. The van der Waals surface area contributed by atoms with E-state index in [0.29, 0.717) is 16.5 Å². The number of carbonyl (C=O) groups excluding carboxylic acids is 2. The summed E-state index contributed by atoms with van der Waals surface area (Å²) in [7, 11) is 1.35. The first-order valence-corrected chi connectivity index (χ1v) is 12.0. The minimum absolute atomic E-state index is 0.0308. The van der Waals surface area contributed by atoms with Gasteiger partial charge in [-0.25, -0.2) is 4.79 Å². The van der Waals surface area contributed by atoms with Crippen LogP contribution in [-0.2, 0) is 27.2 Å². The molecule has 0 aliphatic heterocycles. The molecule has 0 aromatic carbocycles. The molecule has 6 nitrogen and oxygen atoms in total. The van der Waals surface area contributed by atoms with Gasteiger partial charge in [-0.1, -0.05) is 24.5 Å². The molecule has 3 aliphatic rings. The Labute approximate surface area is 187 Å². The van der Waals surface area contributed by atoms with E-state index in [-0.39, 0.29) is 17.7 Å².